The molecule has 0 radical (unpaired) electrons. The summed E-state index contributed by atoms with van der Waals surface area (Å²) in [6, 6.07) is 11.9. The lowest BCUT2D eigenvalue weighted by atomic mass is 10.2. The molecule has 0 saturated heterocycles. The number of ether oxygens (including phenoxy) is 2. The van der Waals surface area contributed by atoms with Gasteiger partial charge in [0.1, 0.15) is 17.2 Å². The summed E-state index contributed by atoms with van der Waals surface area (Å²) in [5, 5.41) is 16.5. The summed E-state index contributed by atoms with van der Waals surface area (Å²) in [5.41, 5.74) is 3.61. The third kappa shape index (κ3) is 4.91. The first-order valence-corrected chi connectivity index (χ1v) is 7.19. The highest BCUT2D eigenvalue weighted by atomic mass is 16.5. The summed E-state index contributed by atoms with van der Waals surface area (Å²) >= 11 is 0. The molecule has 0 saturated carbocycles. The molecular formula is C17H19N3O4. The van der Waals surface area contributed by atoms with Gasteiger partial charge in [-0.1, -0.05) is 0 Å². The smallest absolute Gasteiger partial charge is 0.259 e. The van der Waals surface area contributed by atoms with Crippen molar-refractivity contribution in [3.05, 3.63) is 48.0 Å². The van der Waals surface area contributed by atoms with Gasteiger partial charge in [0.15, 0.2) is 0 Å². The first kappa shape index (κ1) is 17.1. The van der Waals surface area contributed by atoms with Crippen LogP contribution in [0.5, 0.6) is 17.2 Å². The molecule has 3 N–H and O–H groups in total. The summed E-state index contributed by atoms with van der Waals surface area (Å²) in [4.78, 5) is 11.7. The second-order valence-corrected chi connectivity index (χ2v) is 4.80. The Hall–Kier alpha value is -3.22. The van der Waals surface area contributed by atoms with Gasteiger partial charge >= 0.3 is 0 Å². The number of aromatic hydroxyl groups is 1. The molecule has 0 fully saturated rings. The quantitative estimate of drug-likeness (QED) is 0.533. The normalized spacial score (nSPS) is 10.4. The van der Waals surface area contributed by atoms with Crippen LogP contribution in [0.4, 0.5) is 5.69 Å². The Morgan fingerprint density at radius 1 is 1.12 bits per heavy atom. The first-order valence-electron chi connectivity index (χ1n) is 7.19. The Balaban J connectivity index is 1.84. The van der Waals surface area contributed by atoms with Crippen molar-refractivity contribution in [2.75, 3.05) is 26.1 Å². The van der Waals surface area contributed by atoms with Crippen molar-refractivity contribution in [3.8, 4) is 17.2 Å². The number of phenols is 1. The number of anilines is 1. The van der Waals surface area contributed by atoms with Gasteiger partial charge in [-0.05, 0) is 42.5 Å². The molecule has 0 aliphatic carbocycles. The van der Waals surface area contributed by atoms with Crippen LogP contribution in [-0.2, 0) is 4.79 Å². The standard InChI is InChI=1S/C17H19N3O4/c1-23-14-5-3-13(4-6-14)18-11-17(22)20-19-10-12-9-15(24-2)7-8-16(12)21/h3-10,18,21H,11H2,1-2H3,(H,20,22)/b19-10-. The Morgan fingerprint density at radius 3 is 2.46 bits per heavy atom. The van der Waals surface area contributed by atoms with E-state index in [1.165, 1.54) is 19.4 Å². The van der Waals surface area contributed by atoms with E-state index in [9.17, 15) is 9.90 Å². The number of hydrogen-bond acceptors (Lipinski definition) is 6. The van der Waals surface area contributed by atoms with Crippen LogP contribution < -0.4 is 20.2 Å². The predicted molar refractivity (Wildman–Crippen MR) is 91.9 cm³/mol. The Labute approximate surface area is 139 Å². The van der Waals surface area contributed by atoms with E-state index in [0.29, 0.717) is 11.3 Å². The number of hydrazone groups is 1. The summed E-state index contributed by atoms with van der Waals surface area (Å²) in [7, 11) is 3.12. The van der Waals surface area contributed by atoms with E-state index < -0.39 is 0 Å². The molecule has 0 aromatic heterocycles. The van der Waals surface area contributed by atoms with Gasteiger partial charge in [0.25, 0.3) is 5.91 Å². The summed E-state index contributed by atoms with van der Waals surface area (Å²) in [6.45, 7) is 0.0633. The van der Waals surface area contributed by atoms with Gasteiger partial charge in [0.2, 0.25) is 0 Å². The minimum absolute atomic E-state index is 0.0464. The Bertz CT molecular complexity index is 714. The maximum atomic E-state index is 11.7. The molecular weight excluding hydrogens is 310 g/mol. The molecule has 7 nitrogen and oxygen atoms in total. The zero-order valence-electron chi connectivity index (χ0n) is 13.4. The minimum Gasteiger partial charge on any atom is -0.507 e. The van der Waals surface area contributed by atoms with E-state index in [0.717, 1.165) is 11.4 Å². The number of carbonyl (C=O) groups excluding carboxylic acids is 1. The van der Waals surface area contributed by atoms with E-state index in [4.69, 9.17) is 9.47 Å². The molecule has 0 aliphatic rings. The van der Waals surface area contributed by atoms with Gasteiger partial charge in [-0.25, -0.2) is 5.43 Å². The fourth-order valence-electron chi connectivity index (χ4n) is 1.87. The van der Waals surface area contributed by atoms with Gasteiger partial charge in [-0.15, -0.1) is 0 Å². The molecule has 126 valence electrons. The van der Waals surface area contributed by atoms with E-state index in [2.05, 4.69) is 15.8 Å². The topological polar surface area (TPSA) is 92.2 Å². The first-order chi connectivity index (χ1) is 11.6. The zero-order chi connectivity index (χ0) is 17.4. The van der Waals surface area contributed by atoms with Crippen LogP contribution in [0.15, 0.2) is 47.6 Å². The molecule has 24 heavy (non-hydrogen) atoms. The van der Waals surface area contributed by atoms with Gasteiger partial charge in [0, 0.05) is 11.3 Å². The molecule has 2 aromatic carbocycles. The van der Waals surface area contributed by atoms with Gasteiger partial charge in [0.05, 0.1) is 27.0 Å². The average Bonchev–Trinajstić information content (AvgIpc) is 2.62. The molecule has 0 atom stereocenters. The zero-order valence-corrected chi connectivity index (χ0v) is 13.4. The number of methoxy groups -OCH3 is 2. The second-order valence-electron chi connectivity index (χ2n) is 4.80. The second kappa shape index (κ2) is 8.42. The third-order valence-corrected chi connectivity index (χ3v) is 3.17. The highest BCUT2D eigenvalue weighted by Crippen LogP contribution is 2.20. The lowest BCUT2D eigenvalue weighted by molar-refractivity contribution is -0.119. The number of nitrogens with zero attached hydrogens (tertiary/aromatic N) is 1. The molecule has 0 spiro atoms. The number of benzene rings is 2. The molecule has 1 amide bonds. The fraction of sp³-hybridized carbons (Fsp3) is 0.176. The molecule has 7 heteroatoms. The molecule has 2 aromatic rings. The number of amides is 1. The Kier molecular flexibility index (Phi) is 6.01. The van der Waals surface area contributed by atoms with Gasteiger partial charge in [-0.2, -0.15) is 5.10 Å². The van der Waals surface area contributed by atoms with Crippen molar-refractivity contribution in [1.29, 1.82) is 0 Å². The lowest BCUT2D eigenvalue weighted by Crippen LogP contribution is -2.25. The summed E-state index contributed by atoms with van der Waals surface area (Å²) in [5.74, 6) is 1.06. The van der Waals surface area contributed by atoms with Crippen LogP contribution >= 0.6 is 0 Å². The van der Waals surface area contributed by atoms with Crippen molar-refractivity contribution >= 4 is 17.8 Å². The molecule has 0 heterocycles. The maximum Gasteiger partial charge on any atom is 0.259 e. The molecule has 0 unspecified atom stereocenters. The average molecular weight is 329 g/mol. The van der Waals surface area contributed by atoms with Crippen LogP contribution in [0.25, 0.3) is 0 Å². The van der Waals surface area contributed by atoms with E-state index in [-0.39, 0.29) is 18.2 Å². The van der Waals surface area contributed by atoms with Crippen molar-refractivity contribution < 1.29 is 19.4 Å². The SMILES string of the molecule is COc1ccc(NCC(=O)N/N=C\c2cc(OC)ccc2O)cc1. The number of hydrogen-bond donors (Lipinski definition) is 3. The highest BCUT2D eigenvalue weighted by Gasteiger charge is 2.02. The number of nitrogens with one attached hydrogen (secondary N) is 2. The van der Waals surface area contributed by atoms with E-state index >= 15 is 0 Å². The summed E-state index contributed by atoms with van der Waals surface area (Å²) < 4.78 is 10.1. The number of rotatable bonds is 7. The third-order valence-electron chi connectivity index (χ3n) is 3.17. The van der Waals surface area contributed by atoms with E-state index in [1.54, 1.807) is 31.4 Å². The van der Waals surface area contributed by atoms with Gasteiger partial charge < -0.3 is 19.9 Å². The van der Waals surface area contributed by atoms with Crippen molar-refractivity contribution in [1.82, 2.24) is 5.43 Å². The van der Waals surface area contributed by atoms with Crippen LogP contribution in [0.2, 0.25) is 0 Å². The monoisotopic (exact) mass is 329 g/mol. The number of carbonyl (C=O) groups is 1. The van der Waals surface area contributed by atoms with Crippen LogP contribution in [0, 0.1) is 0 Å². The molecule has 0 bridgehead atoms. The van der Waals surface area contributed by atoms with Crippen molar-refractivity contribution in [2.24, 2.45) is 5.10 Å². The maximum absolute atomic E-state index is 11.7. The highest BCUT2D eigenvalue weighted by molar-refractivity contribution is 5.86. The van der Waals surface area contributed by atoms with E-state index in [1.807, 2.05) is 12.1 Å². The fourth-order valence-corrected chi connectivity index (χ4v) is 1.87. The van der Waals surface area contributed by atoms with Crippen molar-refractivity contribution in [3.63, 3.8) is 0 Å². The van der Waals surface area contributed by atoms with Crippen LogP contribution in [0.3, 0.4) is 0 Å². The largest absolute Gasteiger partial charge is 0.507 e. The van der Waals surface area contributed by atoms with Crippen LogP contribution in [-0.4, -0.2) is 38.0 Å². The number of phenolic OH excluding ortho intramolecular Hbond substituents is 1. The van der Waals surface area contributed by atoms with Crippen LogP contribution in [0.1, 0.15) is 5.56 Å². The Morgan fingerprint density at radius 2 is 1.79 bits per heavy atom. The lowest BCUT2D eigenvalue weighted by Gasteiger charge is -2.06. The molecule has 0 aliphatic heterocycles. The predicted octanol–water partition coefficient (Wildman–Crippen LogP) is 1.97. The summed E-state index contributed by atoms with van der Waals surface area (Å²) in [6.07, 6.45) is 1.35. The molecule has 2 rings (SSSR count). The minimum atomic E-state index is -0.315. The van der Waals surface area contributed by atoms with Crippen molar-refractivity contribution in [2.45, 2.75) is 0 Å². The van der Waals surface area contributed by atoms with Gasteiger partial charge in [-0.3, -0.25) is 4.79 Å².